The zero-order chi connectivity index (χ0) is 18.0. The van der Waals surface area contributed by atoms with Gasteiger partial charge in [-0.1, -0.05) is 84.3 Å². The van der Waals surface area contributed by atoms with Crippen molar-refractivity contribution in [2.75, 3.05) is 5.32 Å². The van der Waals surface area contributed by atoms with Crippen LogP contribution < -0.4 is 5.32 Å². The standard InChI is InChI=1S/C21H21N3OS/c1-15-8-7-11-17(14-15)21(12-5-6-13-21)19(25)22-20-24-23-18(26-20)16-9-3-2-4-10-16/h2-4,7-11,14H,5-6,12-13H2,1H3,(H,22,24,25). The third-order valence-electron chi connectivity index (χ3n) is 5.13. The predicted octanol–water partition coefficient (Wildman–Crippen LogP) is 4.96. The zero-order valence-electron chi connectivity index (χ0n) is 14.7. The van der Waals surface area contributed by atoms with E-state index in [0.29, 0.717) is 5.13 Å². The van der Waals surface area contributed by atoms with E-state index in [0.717, 1.165) is 41.8 Å². The summed E-state index contributed by atoms with van der Waals surface area (Å²) in [4.78, 5) is 13.2. The van der Waals surface area contributed by atoms with Crippen molar-refractivity contribution in [2.45, 2.75) is 38.0 Å². The first-order valence-electron chi connectivity index (χ1n) is 8.95. The number of nitrogens with one attached hydrogen (secondary N) is 1. The lowest BCUT2D eigenvalue weighted by atomic mass is 9.77. The van der Waals surface area contributed by atoms with Crippen LogP contribution in [-0.4, -0.2) is 16.1 Å². The van der Waals surface area contributed by atoms with Gasteiger partial charge in [-0.25, -0.2) is 0 Å². The lowest BCUT2D eigenvalue weighted by Crippen LogP contribution is -2.38. The summed E-state index contributed by atoms with van der Waals surface area (Å²) in [5.74, 6) is 0.0383. The van der Waals surface area contributed by atoms with Gasteiger partial charge in [-0.2, -0.15) is 0 Å². The lowest BCUT2D eigenvalue weighted by Gasteiger charge is -2.28. The van der Waals surface area contributed by atoms with Gasteiger partial charge in [-0.15, -0.1) is 10.2 Å². The molecule has 1 amide bonds. The molecule has 1 fully saturated rings. The zero-order valence-corrected chi connectivity index (χ0v) is 15.6. The Labute approximate surface area is 157 Å². The van der Waals surface area contributed by atoms with Gasteiger partial charge in [-0.3, -0.25) is 10.1 Å². The first-order valence-corrected chi connectivity index (χ1v) is 9.77. The summed E-state index contributed by atoms with van der Waals surface area (Å²) in [6.07, 6.45) is 3.92. The van der Waals surface area contributed by atoms with Crippen LogP contribution in [0.4, 0.5) is 5.13 Å². The highest BCUT2D eigenvalue weighted by atomic mass is 32.1. The molecule has 132 valence electrons. The molecule has 0 aliphatic heterocycles. The normalized spacial score (nSPS) is 15.7. The third kappa shape index (κ3) is 3.15. The number of rotatable bonds is 4. The predicted molar refractivity (Wildman–Crippen MR) is 105 cm³/mol. The van der Waals surface area contributed by atoms with Crippen LogP contribution in [0.15, 0.2) is 54.6 Å². The molecule has 1 aliphatic carbocycles. The summed E-state index contributed by atoms with van der Waals surface area (Å²) in [5, 5.41) is 12.8. The van der Waals surface area contributed by atoms with Crippen LogP contribution in [0.2, 0.25) is 0 Å². The molecule has 0 atom stereocenters. The molecule has 4 rings (SSSR count). The van der Waals surface area contributed by atoms with E-state index in [-0.39, 0.29) is 5.91 Å². The molecule has 1 N–H and O–H groups in total. The SMILES string of the molecule is Cc1cccc(C2(C(=O)Nc3nnc(-c4ccccc4)s3)CCCC2)c1. The maximum absolute atomic E-state index is 13.2. The maximum Gasteiger partial charge on any atom is 0.236 e. The molecule has 1 aliphatic rings. The summed E-state index contributed by atoms with van der Waals surface area (Å²) in [6.45, 7) is 2.07. The minimum absolute atomic E-state index is 0.0383. The monoisotopic (exact) mass is 363 g/mol. The molecule has 1 saturated carbocycles. The Bertz CT molecular complexity index is 914. The quantitative estimate of drug-likeness (QED) is 0.712. The fourth-order valence-electron chi connectivity index (χ4n) is 3.76. The minimum Gasteiger partial charge on any atom is -0.300 e. The Balaban J connectivity index is 1.59. The van der Waals surface area contributed by atoms with Crippen LogP contribution in [0.3, 0.4) is 0 Å². The third-order valence-corrected chi connectivity index (χ3v) is 6.02. The molecule has 0 spiro atoms. The smallest absolute Gasteiger partial charge is 0.236 e. The number of carbonyl (C=O) groups is 1. The molecule has 1 aromatic heterocycles. The molecular weight excluding hydrogens is 342 g/mol. The summed E-state index contributed by atoms with van der Waals surface area (Å²) in [6, 6.07) is 18.2. The van der Waals surface area contributed by atoms with Crippen molar-refractivity contribution < 1.29 is 4.79 Å². The first kappa shape index (κ1) is 16.9. The van der Waals surface area contributed by atoms with E-state index in [1.54, 1.807) is 0 Å². The largest absolute Gasteiger partial charge is 0.300 e. The second-order valence-electron chi connectivity index (χ2n) is 6.89. The maximum atomic E-state index is 13.2. The van der Waals surface area contributed by atoms with Crippen molar-refractivity contribution in [3.63, 3.8) is 0 Å². The van der Waals surface area contributed by atoms with Crippen molar-refractivity contribution in [3.8, 4) is 10.6 Å². The van der Waals surface area contributed by atoms with Crippen molar-refractivity contribution in [1.29, 1.82) is 0 Å². The van der Waals surface area contributed by atoms with E-state index in [1.165, 1.54) is 16.9 Å². The van der Waals surface area contributed by atoms with E-state index in [4.69, 9.17) is 0 Å². The molecule has 4 nitrogen and oxygen atoms in total. The Morgan fingerprint density at radius 2 is 1.81 bits per heavy atom. The fourth-order valence-corrected chi connectivity index (χ4v) is 4.50. The Kier molecular flexibility index (Phi) is 4.55. The number of aryl methyl sites for hydroxylation is 1. The van der Waals surface area contributed by atoms with Crippen LogP contribution in [0.1, 0.15) is 36.8 Å². The van der Waals surface area contributed by atoms with E-state index in [1.807, 2.05) is 36.4 Å². The van der Waals surface area contributed by atoms with Gasteiger partial charge >= 0.3 is 0 Å². The number of amides is 1. The van der Waals surface area contributed by atoms with Crippen LogP contribution in [-0.2, 0) is 10.2 Å². The molecular formula is C21H21N3OS. The molecule has 2 aromatic carbocycles. The second kappa shape index (κ2) is 7.00. The van der Waals surface area contributed by atoms with Crippen molar-refractivity contribution >= 4 is 22.4 Å². The fraction of sp³-hybridized carbons (Fsp3) is 0.286. The number of anilines is 1. The van der Waals surface area contributed by atoms with E-state index in [2.05, 4.69) is 40.6 Å². The van der Waals surface area contributed by atoms with Crippen LogP contribution in [0.5, 0.6) is 0 Å². The highest BCUT2D eigenvalue weighted by Crippen LogP contribution is 2.42. The molecule has 26 heavy (non-hydrogen) atoms. The van der Waals surface area contributed by atoms with Crippen molar-refractivity contribution in [3.05, 3.63) is 65.7 Å². The summed E-state index contributed by atoms with van der Waals surface area (Å²) < 4.78 is 0. The van der Waals surface area contributed by atoms with Crippen molar-refractivity contribution in [1.82, 2.24) is 10.2 Å². The molecule has 0 radical (unpaired) electrons. The summed E-state index contributed by atoms with van der Waals surface area (Å²) in [7, 11) is 0. The van der Waals surface area contributed by atoms with Gasteiger partial charge in [0, 0.05) is 5.56 Å². The average molecular weight is 363 g/mol. The van der Waals surface area contributed by atoms with Crippen molar-refractivity contribution in [2.24, 2.45) is 0 Å². The second-order valence-corrected chi connectivity index (χ2v) is 7.87. The highest BCUT2D eigenvalue weighted by molar-refractivity contribution is 7.18. The molecule has 0 bridgehead atoms. The van der Waals surface area contributed by atoms with Gasteiger partial charge in [0.25, 0.3) is 0 Å². The molecule has 0 unspecified atom stereocenters. The van der Waals surface area contributed by atoms with Crippen LogP contribution >= 0.6 is 11.3 Å². The minimum atomic E-state index is -0.454. The van der Waals surface area contributed by atoms with Gasteiger partial charge in [0.05, 0.1) is 5.41 Å². The van der Waals surface area contributed by atoms with Gasteiger partial charge in [-0.05, 0) is 25.3 Å². The molecule has 0 saturated heterocycles. The summed E-state index contributed by atoms with van der Waals surface area (Å²) in [5.41, 5.74) is 2.86. The van der Waals surface area contributed by atoms with Gasteiger partial charge < -0.3 is 0 Å². The lowest BCUT2D eigenvalue weighted by molar-refractivity contribution is -0.121. The molecule has 5 heteroatoms. The summed E-state index contributed by atoms with van der Waals surface area (Å²) >= 11 is 1.42. The highest BCUT2D eigenvalue weighted by Gasteiger charge is 2.43. The van der Waals surface area contributed by atoms with E-state index < -0.39 is 5.41 Å². The Hall–Kier alpha value is -2.53. The van der Waals surface area contributed by atoms with Crippen LogP contribution in [0.25, 0.3) is 10.6 Å². The van der Waals surface area contributed by atoms with Crippen LogP contribution in [0, 0.1) is 6.92 Å². The number of hydrogen-bond acceptors (Lipinski definition) is 4. The molecule has 1 heterocycles. The van der Waals surface area contributed by atoms with Gasteiger partial charge in [0.1, 0.15) is 5.01 Å². The number of nitrogens with zero attached hydrogens (tertiary/aromatic N) is 2. The first-order chi connectivity index (χ1) is 12.7. The topological polar surface area (TPSA) is 54.9 Å². The van der Waals surface area contributed by atoms with Gasteiger partial charge in [0.15, 0.2) is 0 Å². The van der Waals surface area contributed by atoms with Gasteiger partial charge in [0.2, 0.25) is 11.0 Å². The average Bonchev–Trinajstić information content (AvgIpc) is 3.33. The Morgan fingerprint density at radius 1 is 1.04 bits per heavy atom. The molecule has 3 aromatic rings. The number of carbonyl (C=O) groups excluding carboxylic acids is 1. The van der Waals surface area contributed by atoms with E-state index >= 15 is 0 Å². The number of benzene rings is 2. The number of hydrogen-bond donors (Lipinski definition) is 1. The number of aromatic nitrogens is 2. The Morgan fingerprint density at radius 3 is 2.54 bits per heavy atom. The van der Waals surface area contributed by atoms with E-state index in [9.17, 15) is 4.79 Å².